The van der Waals surface area contributed by atoms with Gasteiger partial charge < -0.3 is 14.7 Å². The predicted molar refractivity (Wildman–Crippen MR) is 222 cm³/mol. The number of para-hydroxylation sites is 4. The fourth-order valence-electron chi connectivity index (χ4n) is 7.37. The highest BCUT2D eigenvalue weighted by Crippen LogP contribution is 2.43. The number of rotatable bonds is 6. The largest absolute Gasteiger partial charge is 0.311 e. The van der Waals surface area contributed by atoms with Crippen LogP contribution >= 0.6 is 0 Å². The molecule has 1 aliphatic heterocycles. The van der Waals surface area contributed by atoms with Gasteiger partial charge in [-0.1, -0.05) is 138 Å². The Hall–Kier alpha value is -6.78. The van der Waals surface area contributed by atoms with Crippen LogP contribution in [-0.4, -0.2) is 7.28 Å². The average Bonchev–Trinajstić information content (AvgIpc) is 3.21. The summed E-state index contributed by atoms with van der Waals surface area (Å²) >= 11 is 0. The molecule has 2 bridgehead atoms. The molecule has 0 amide bonds. The average molecular weight is 666 g/mol. The van der Waals surface area contributed by atoms with Crippen LogP contribution in [0.2, 0.25) is 0 Å². The van der Waals surface area contributed by atoms with Crippen LogP contribution in [0.1, 0.15) is 0 Å². The fourth-order valence-corrected chi connectivity index (χ4v) is 7.37. The van der Waals surface area contributed by atoms with Crippen molar-refractivity contribution in [2.24, 2.45) is 0 Å². The van der Waals surface area contributed by atoms with Gasteiger partial charge in [0, 0.05) is 51.2 Å². The summed E-state index contributed by atoms with van der Waals surface area (Å²) in [5.74, 6) is 0. The van der Waals surface area contributed by atoms with Crippen molar-refractivity contribution >= 4 is 69.4 Å². The Bertz CT molecular complexity index is 2390. The minimum absolute atomic E-state index is 0.759. The van der Waals surface area contributed by atoms with Crippen molar-refractivity contribution in [2.45, 2.75) is 0 Å². The Balaban J connectivity index is 1.29. The molecular formula is C48H36BN3. The van der Waals surface area contributed by atoms with Crippen molar-refractivity contribution in [3.05, 3.63) is 212 Å². The molecule has 0 N–H and O–H groups in total. The standard InChI is InChI=1S/C48H36BN3/c1-5-16-36(17-6-1)37-28-30-41(31-29-37)52-43-25-15-24-42(34-43)51(40-22-11-4-12-23-40)47-27-14-13-26-45(47)49-46-33-32-44(35-48(46)52)50(38-18-7-2-8-19-38)39-20-9-3-10-21-39/h1-35,49H. The van der Waals surface area contributed by atoms with Crippen LogP contribution in [0.3, 0.4) is 0 Å². The lowest BCUT2D eigenvalue weighted by molar-refractivity contribution is 1.24. The van der Waals surface area contributed by atoms with E-state index < -0.39 is 0 Å². The molecule has 1 aliphatic rings. The highest BCUT2D eigenvalue weighted by Gasteiger charge is 2.25. The van der Waals surface area contributed by atoms with Gasteiger partial charge >= 0.3 is 0 Å². The van der Waals surface area contributed by atoms with Gasteiger partial charge in [-0.05, 0) is 96.1 Å². The summed E-state index contributed by atoms with van der Waals surface area (Å²) in [6.07, 6.45) is 0. The van der Waals surface area contributed by atoms with Crippen LogP contribution < -0.4 is 25.6 Å². The minimum atomic E-state index is 0.759. The summed E-state index contributed by atoms with van der Waals surface area (Å²) in [6.45, 7) is 0. The Morgan fingerprint density at radius 3 is 1.44 bits per heavy atom. The van der Waals surface area contributed by atoms with Crippen LogP contribution in [0.4, 0.5) is 51.2 Å². The van der Waals surface area contributed by atoms with Crippen molar-refractivity contribution in [3.63, 3.8) is 0 Å². The zero-order valence-electron chi connectivity index (χ0n) is 28.8. The molecule has 0 unspecified atom stereocenters. The lowest BCUT2D eigenvalue weighted by Crippen LogP contribution is -2.35. The van der Waals surface area contributed by atoms with E-state index in [0.717, 1.165) is 52.8 Å². The van der Waals surface area contributed by atoms with Gasteiger partial charge in [0.2, 0.25) is 0 Å². The van der Waals surface area contributed by atoms with Crippen LogP contribution in [0.5, 0.6) is 0 Å². The van der Waals surface area contributed by atoms with Crippen LogP contribution in [-0.2, 0) is 0 Å². The molecule has 52 heavy (non-hydrogen) atoms. The molecule has 9 rings (SSSR count). The number of fused-ring (bicyclic) bond motifs is 4. The van der Waals surface area contributed by atoms with Gasteiger partial charge in [0.25, 0.3) is 0 Å². The normalized spacial score (nSPS) is 11.9. The van der Waals surface area contributed by atoms with Gasteiger partial charge in [-0.2, -0.15) is 0 Å². The molecule has 0 saturated heterocycles. The maximum absolute atomic E-state index is 2.43. The summed E-state index contributed by atoms with van der Waals surface area (Å²) in [5, 5.41) is 0. The second kappa shape index (κ2) is 13.9. The third-order valence-corrected chi connectivity index (χ3v) is 9.80. The summed E-state index contributed by atoms with van der Waals surface area (Å²) in [4.78, 5) is 7.17. The van der Waals surface area contributed by atoms with Gasteiger partial charge in [0.1, 0.15) is 0 Å². The zero-order valence-corrected chi connectivity index (χ0v) is 28.8. The van der Waals surface area contributed by atoms with Crippen molar-refractivity contribution < 1.29 is 0 Å². The zero-order chi connectivity index (χ0) is 34.7. The molecule has 0 fully saturated rings. The van der Waals surface area contributed by atoms with Crippen LogP contribution in [0, 0.1) is 0 Å². The molecule has 0 aliphatic carbocycles. The van der Waals surface area contributed by atoms with E-state index in [9.17, 15) is 0 Å². The smallest absolute Gasteiger partial charge is 0.197 e. The quantitative estimate of drug-likeness (QED) is 0.164. The van der Waals surface area contributed by atoms with Gasteiger partial charge in [-0.25, -0.2) is 0 Å². The van der Waals surface area contributed by atoms with E-state index in [1.54, 1.807) is 0 Å². The second-order valence-electron chi connectivity index (χ2n) is 13.1. The van der Waals surface area contributed by atoms with E-state index in [0.29, 0.717) is 0 Å². The fraction of sp³-hybridized carbons (Fsp3) is 0. The molecule has 0 aromatic heterocycles. The molecule has 3 nitrogen and oxygen atoms in total. The minimum Gasteiger partial charge on any atom is -0.311 e. The van der Waals surface area contributed by atoms with Gasteiger partial charge in [-0.3, -0.25) is 0 Å². The Morgan fingerprint density at radius 1 is 0.308 bits per heavy atom. The first kappa shape index (κ1) is 31.2. The maximum atomic E-state index is 2.43. The molecule has 4 heteroatoms. The van der Waals surface area contributed by atoms with Gasteiger partial charge in [0.05, 0.1) is 0 Å². The van der Waals surface area contributed by atoms with Crippen molar-refractivity contribution in [2.75, 3.05) is 14.7 Å². The topological polar surface area (TPSA) is 9.72 Å². The molecule has 8 aromatic carbocycles. The Kier molecular flexibility index (Phi) is 8.32. The third-order valence-electron chi connectivity index (χ3n) is 9.80. The van der Waals surface area contributed by atoms with Crippen LogP contribution in [0.15, 0.2) is 212 Å². The van der Waals surface area contributed by atoms with E-state index >= 15 is 0 Å². The monoisotopic (exact) mass is 665 g/mol. The van der Waals surface area contributed by atoms with Gasteiger partial charge in [-0.15, -0.1) is 0 Å². The van der Waals surface area contributed by atoms with E-state index in [2.05, 4.69) is 227 Å². The predicted octanol–water partition coefficient (Wildman–Crippen LogP) is 11.5. The highest BCUT2D eigenvalue weighted by atomic mass is 15.2. The summed E-state index contributed by atoms with van der Waals surface area (Å²) in [5.41, 5.74) is 15.0. The maximum Gasteiger partial charge on any atom is 0.197 e. The summed E-state index contributed by atoms with van der Waals surface area (Å²) < 4.78 is 0. The molecule has 0 saturated carbocycles. The third kappa shape index (κ3) is 6.01. The van der Waals surface area contributed by atoms with E-state index in [-0.39, 0.29) is 0 Å². The van der Waals surface area contributed by atoms with Crippen molar-refractivity contribution in [1.29, 1.82) is 0 Å². The number of nitrogens with zero attached hydrogens (tertiary/aromatic N) is 3. The van der Waals surface area contributed by atoms with Gasteiger partial charge in [0.15, 0.2) is 7.28 Å². The number of hydrogen-bond donors (Lipinski definition) is 0. The van der Waals surface area contributed by atoms with E-state index in [1.165, 1.54) is 27.7 Å². The number of benzene rings is 8. The molecule has 246 valence electrons. The van der Waals surface area contributed by atoms with E-state index in [1.807, 2.05) is 0 Å². The first-order valence-corrected chi connectivity index (χ1v) is 17.8. The lowest BCUT2D eigenvalue weighted by atomic mass is 9.62. The number of anilines is 9. The highest BCUT2D eigenvalue weighted by molar-refractivity contribution is 6.70. The van der Waals surface area contributed by atoms with Crippen molar-refractivity contribution in [3.8, 4) is 11.1 Å². The molecule has 0 spiro atoms. The molecular weight excluding hydrogens is 629 g/mol. The molecule has 8 aromatic rings. The molecule has 0 atom stereocenters. The van der Waals surface area contributed by atoms with E-state index in [4.69, 9.17) is 0 Å². The Labute approximate surface area is 306 Å². The molecule has 1 heterocycles. The Morgan fingerprint density at radius 2 is 0.788 bits per heavy atom. The van der Waals surface area contributed by atoms with Crippen LogP contribution in [0.25, 0.3) is 11.1 Å². The summed E-state index contributed by atoms with van der Waals surface area (Å²) in [6, 6.07) is 76.3. The second-order valence-corrected chi connectivity index (χ2v) is 13.1. The van der Waals surface area contributed by atoms with Crippen molar-refractivity contribution in [1.82, 2.24) is 0 Å². The summed E-state index contributed by atoms with van der Waals surface area (Å²) in [7, 11) is 0.759. The first-order valence-electron chi connectivity index (χ1n) is 17.8. The first-order chi connectivity index (χ1) is 25.8. The molecule has 0 radical (unpaired) electrons. The SMILES string of the molecule is B1c2ccccc2N(c2ccccc2)c2cccc(c2)N(c2ccc(-c3ccccc3)cc2)c2cc(N(c3ccccc3)c3ccccc3)ccc21. The lowest BCUT2D eigenvalue weighted by Gasteiger charge is -2.34. The number of hydrogen-bond acceptors (Lipinski definition) is 3.